The Balaban J connectivity index is 2.60. The zero-order valence-electron chi connectivity index (χ0n) is 7.28. The highest BCUT2D eigenvalue weighted by Crippen LogP contribution is 2.32. The molecular formula is C10H9NO2. The van der Waals surface area contributed by atoms with Crippen molar-refractivity contribution in [3.05, 3.63) is 42.1 Å². The first-order valence-corrected chi connectivity index (χ1v) is 3.92. The standard InChI is InChI=1S/C10H9NO2/c1-7-10(12)8-5-3-4-6-9(8)11(7)13-2/h3-6H,1H2,2H3. The van der Waals surface area contributed by atoms with Crippen molar-refractivity contribution in [2.75, 3.05) is 12.2 Å². The van der Waals surface area contributed by atoms with Crippen molar-refractivity contribution in [2.24, 2.45) is 0 Å². The zero-order chi connectivity index (χ0) is 9.42. The molecule has 1 heterocycles. The van der Waals surface area contributed by atoms with E-state index in [0.29, 0.717) is 11.3 Å². The Hall–Kier alpha value is -1.61. The maximum Gasteiger partial charge on any atom is 0.213 e. The summed E-state index contributed by atoms with van der Waals surface area (Å²) in [5.74, 6) is -0.0718. The molecule has 1 aromatic carbocycles. The molecule has 0 unspecified atom stereocenters. The van der Waals surface area contributed by atoms with Gasteiger partial charge in [0.1, 0.15) is 5.70 Å². The van der Waals surface area contributed by atoms with Crippen LogP contribution < -0.4 is 5.06 Å². The molecule has 1 aliphatic heterocycles. The largest absolute Gasteiger partial charge is 0.287 e. The van der Waals surface area contributed by atoms with Gasteiger partial charge in [-0.05, 0) is 12.1 Å². The molecule has 0 bridgehead atoms. The molecule has 66 valence electrons. The Morgan fingerprint density at radius 2 is 2.08 bits per heavy atom. The van der Waals surface area contributed by atoms with Crippen molar-refractivity contribution < 1.29 is 9.63 Å². The molecule has 0 saturated heterocycles. The van der Waals surface area contributed by atoms with E-state index in [-0.39, 0.29) is 5.78 Å². The number of carbonyl (C=O) groups is 1. The lowest BCUT2D eigenvalue weighted by atomic mass is 10.1. The van der Waals surface area contributed by atoms with Gasteiger partial charge in [0.2, 0.25) is 5.78 Å². The fourth-order valence-corrected chi connectivity index (χ4v) is 1.44. The highest BCUT2D eigenvalue weighted by atomic mass is 16.7. The van der Waals surface area contributed by atoms with Crippen LogP contribution in [0.2, 0.25) is 0 Å². The Labute approximate surface area is 76.2 Å². The number of hydrogen-bond acceptors (Lipinski definition) is 3. The smallest absolute Gasteiger partial charge is 0.213 e. The van der Waals surface area contributed by atoms with Gasteiger partial charge in [-0.2, -0.15) is 0 Å². The number of allylic oxidation sites excluding steroid dienone is 1. The summed E-state index contributed by atoms with van der Waals surface area (Å²) in [6, 6.07) is 7.27. The van der Waals surface area contributed by atoms with E-state index in [9.17, 15) is 4.79 Å². The van der Waals surface area contributed by atoms with Crippen LogP contribution in [0, 0.1) is 0 Å². The second-order valence-corrected chi connectivity index (χ2v) is 2.77. The van der Waals surface area contributed by atoms with E-state index in [1.165, 1.54) is 12.2 Å². The van der Waals surface area contributed by atoms with Gasteiger partial charge in [0.15, 0.2) is 0 Å². The van der Waals surface area contributed by atoms with Crippen LogP contribution in [-0.2, 0) is 4.84 Å². The van der Waals surface area contributed by atoms with Crippen LogP contribution in [0.5, 0.6) is 0 Å². The summed E-state index contributed by atoms with van der Waals surface area (Å²) in [6.07, 6.45) is 0. The minimum absolute atomic E-state index is 0.0718. The summed E-state index contributed by atoms with van der Waals surface area (Å²) in [6.45, 7) is 3.65. The lowest BCUT2D eigenvalue weighted by Crippen LogP contribution is -2.17. The van der Waals surface area contributed by atoms with E-state index in [2.05, 4.69) is 6.58 Å². The second-order valence-electron chi connectivity index (χ2n) is 2.77. The molecule has 0 spiro atoms. The van der Waals surface area contributed by atoms with Gasteiger partial charge in [0, 0.05) is 0 Å². The summed E-state index contributed by atoms with van der Waals surface area (Å²) in [4.78, 5) is 16.6. The maximum absolute atomic E-state index is 11.5. The van der Waals surface area contributed by atoms with E-state index >= 15 is 0 Å². The van der Waals surface area contributed by atoms with Crippen LogP contribution in [0.3, 0.4) is 0 Å². The third kappa shape index (κ3) is 0.975. The normalized spacial score (nSPS) is 15.0. The minimum Gasteiger partial charge on any atom is -0.287 e. The van der Waals surface area contributed by atoms with Crippen molar-refractivity contribution in [2.45, 2.75) is 0 Å². The number of para-hydroxylation sites is 1. The second kappa shape index (κ2) is 2.71. The van der Waals surface area contributed by atoms with Gasteiger partial charge >= 0.3 is 0 Å². The van der Waals surface area contributed by atoms with E-state index in [1.807, 2.05) is 18.2 Å². The van der Waals surface area contributed by atoms with Gasteiger partial charge in [-0.25, -0.2) is 5.06 Å². The number of anilines is 1. The van der Waals surface area contributed by atoms with Gasteiger partial charge in [-0.15, -0.1) is 0 Å². The van der Waals surface area contributed by atoms with Crippen LogP contribution in [0.25, 0.3) is 0 Å². The Morgan fingerprint density at radius 1 is 1.38 bits per heavy atom. The van der Waals surface area contributed by atoms with Crippen molar-refractivity contribution in [1.82, 2.24) is 0 Å². The average Bonchev–Trinajstić information content (AvgIpc) is 2.41. The number of ketones is 1. The average molecular weight is 175 g/mol. The summed E-state index contributed by atoms with van der Waals surface area (Å²) in [7, 11) is 1.51. The number of nitrogens with zero attached hydrogens (tertiary/aromatic N) is 1. The molecule has 3 heteroatoms. The van der Waals surface area contributed by atoms with Crippen molar-refractivity contribution in [3.63, 3.8) is 0 Å². The van der Waals surface area contributed by atoms with Crippen LogP contribution in [0.15, 0.2) is 36.5 Å². The quantitative estimate of drug-likeness (QED) is 0.609. The van der Waals surface area contributed by atoms with Gasteiger partial charge in [0.05, 0.1) is 18.4 Å². The monoisotopic (exact) mass is 175 g/mol. The number of hydrogen-bond donors (Lipinski definition) is 0. The van der Waals surface area contributed by atoms with Crippen molar-refractivity contribution in [3.8, 4) is 0 Å². The molecule has 0 N–H and O–H groups in total. The van der Waals surface area contributed by atoms with Crippen LogP contribution >= 0.6 is 0 Å². The third-order valence-electron chi connectivity index (χ3n) is 2.06. The van der Waals surface area contributed by atoms with E-state index in [1.54, 1.807) is 6.07 Å². The highest BCUT2D eigenvalue weighted by molar-refractivity contribution is 6.18. The molecule has 3 nitrogen and oxygen atoms in total. The molecule has 1 aliphatic rings. The van der Waals surface area contributed by atoms with Crippen LogP contribution in [-0.4, -0.2) is 12.9 Å². The predicted octanol–water partition coefficient (Wildman–Crippen LogP) is 1.76. The molecule has 1 aromatic rings. The van der Waals surface area contributed by atoms with Gasteiger partial charge in [0.25, 0.3) is 0 Å². The molecule has 0 fully saturated rings. The maximum atomic E-state index is 11.5. The summed E-state index contributed by atoms with van der Waals surface area (Å²) in [5.41, 5.74) is 1.78. The lowest BCUT2D eigenvalue weighted by molar-refractivity contribution is 0.101. The summed E-state index contributed by atoms with van der Waals surface area (Å²) in [5, 5.41) is 1.44. The fraction of sp³-hybridized carbons (Fsp3) is 0.100. The summed E-state index contributed by atoms with van der Waals surface area (Å²) >= 11 is 0. The molecule has 0 saturated carbocycles. The molecule has 0 radical (unpaired) electrons. The lowest BCUT2D eigenvalue weighted by Gasteiger charge is -2.14. The minimum atomic E-state index is -0.0718. The molecule has 0 atom stereocenters. The number of benzene rings is 1. The Morgan fingerprint density at radius 3 is 2.77 bits per heavy atom. The summed E-state index contributed by atoms with van der Waals surface area (Å²) < 4.78 is 0. The number of fused-ring (bicyclic) bond motifs is 1. The highest BCUT2D eigenvalue weighted by Gasteiger charge is 2.30. The van der Waals surface area contributed by atoms with Crippen LogP contribution in [0.4, 0.5) is 5.69 Å². The molecule has 13 heavy (non-hydrogen) atoms. The third-order valence-corrected chi connectivity index (χ3v) is 2.06. The number of carbonyl (C=O) groups excluding carboxylic acids is 1. The SMILES string of the molecule is C=C1C(=O)c2ccccc2N1OC. The van der Waals surface area contributed by atoms with E-state index in [0.717, 1.165) is 5.69 Å². The van der Waals surface area contributed by atoms with E-state index < -0.39 is 0 Å². The number of rotatable bonds is 1. The van der Waals surface area contributed by atoms with Crippen LogP contribution in [0.1, 0.15) is 10.4 Å². The predicted molar refractivity (Wildman–Crippen MR) is 49.4 cm³/mol. The molecule has 2 rings (SSSR count). The zero-order valence-corrected chi connectivity index (χ0v) is 7.28. The molecular weight excluding hydrogens is 166 g/mol. The Bertz CT molecular complexity index is 384. The topological polar surface area (TPSA) is 29.5 Å². The molecule has 0 aromatic heterocycles. The Kier molecular flexibility index (Phi) is 1.67. The first-order chi connectivity index (χ1) is 6.25. The van der Waals surface area contributed by atoms with Crippen molar-refractivity contribution >= 4 is 11.5 Å². The van der Waals surface area contributed by atoms with Gasteiger partial charge < -0.3 is 0 Å². The van der Waals surface area contributed by atoms with Crippen molar-refractivity contribution in [1.29, 1.82) is 0 Å². The number of Topliss-reactive ketones (excluding diaryl/α,β-unsaturated/α-hetero) is 1. The molecule has 0 amide bonds. The first-order valence-electron chi connectivity index (χ1n) is 3.92. The van der Waals surface area contributed by atoms with Gasteiger partial charge in [-0.1, -0.05) is 18.7 Å². The molecule has 0 aliphatic carbocycles. The first kappa shape index (κ1) is 8.01. The fourth-order valence-electron chi connectivity index (χ4n) is 1.44. The van der Waals surface area contributed by atoms with Gasteiger partial charge in [-0.3, -0.25) is 9.63 Å². The van der Waals surface area contributed by atoms with E-state index in [4.69, 9.17) is 4.84 Å². The number of hydroxylamine groups is 1.